The SMILES string of the molecule is COc1ccccc1NC(=O)C(=O)N/N=C\c1c(OC(=O)c2ccc(Cl)cc2)ccc2ccccc12. The first-order valence-electron chi connectivity index (χ1n) is 10.7. The molecule has 180 valence electrons. The number of carbonyl (C=O) groups is 3. The summed E-state index contributed by atoms with van der Waals surface area (Å²) < 4.78 is 10.8. The van der Waals surface area contributed by atoms with E-state index < -0.39 is 17.8 Å². The van der Waals surface area contributed by atoms with Crippen LogP contribution in [-0.2, 0) is 9.59 Å². The van der Waals surface area contributed by atoms with Gasteiger partial charge in [-0.3, -0.25) is 9.59 Å². The molecule has 4 aromatic rings. The fraction of sp³-hybridized carbons (Fsp3) is 0.0370. The monoisotopic (exact) mass is 501 g/mol. The predicted molar refractivity (Wildman–Crippen MR) is 138 cm³/mol. The maximum Gasteiger partial charge on any atom is 0.343 e. The molecule has 0 bridgehead atoms. The molecule has 2 amide bonds. The van der Waals surface area contributed by atoms with Gasteiger partial charge in [-0.15, -0.1) is 0 Å². The molecular weight excluding hydrogens is 482 g/mol. The maximum absolute atomic E-state index is 12.7. The number of fused-ring (bicyclic) bond motifs is 1. The van der Waals surface area contributed by atoms with Gasteiger partial charge in [0.2, 0.25) is 0 Å². The molecule has 0 aliphatic heterocycles. The molecule has 0 saturated heterocycles. The number of esters is 1. The van der Waals surface area contributed by atoms with Crippen molar-refractivity contribution in [2.45, 2.75) is 0 Å². The highest BCUT2D eigenvalue weighted by Crippen LogP contribution is 2.28. The minimum Gasteiger partial charge on any atom is -0.495 e. The Labute approximate surface area is 211 Å². The summed E-state index contributed by atoms with van der Waals surface area (Å²) in [6.07, 6.45) is 1.32. The van der Waals surface area contributed by atoms with Gasteiger partial charge in [-0.2, -0.15) is 5.10 Å². The van der Waals surface area contributed by atoms with Gasteiger partial charge in [-0.25, -0.2) is 10.2 Å². The van der Waals surface area contributed by atoms with Gasteiger partial charge in [-0.05, 0) is 53.2 Å². The number of anilines is 1. The van der Waals surface area contributed by atoms with Crippen molar-refractivity contribution in [2.75, 3.05) is 12.4 Å². The molecule has 9 heteroatoms. The molecule has 0 unspecified atom stereocenters. The second kappa shape index (κ2) is 11.2. The van der Waals surface area contributed by atoms with Crippen molar-refractivity contribution in [1.82, 2.24) is 5.43 Å². The lowest BCUT2D eigenvalue weighted by atomic mass is 10.0. The Hall–Kier alpha value is -4.69. The Morgan fingerprint density at radius 2 is 1.56 bits per heavy atom. The number of benzene rings is 4. The van der Waals surface area contributed by atoms with Gasteiger partial charge in [-0.1, -0.05) is 54.1 Å². The second-order valence-electron chi connectivity index (χ2n) is 7.45. The normalized spacial score (nSPS) is 10.7. The van der Waals surface area contributed by atoms with Crippen LogP contribution in [0.5, 0.6) is 11.5 Å². The third kappa shape index (κ3) is 5.68. The number of ether oxygens (including phenoxy) is 2. The molecule has 0 aromatic heterocycles. The average molecular weight is 502 g/mol. The van der Waals surface area contributed by atoms with Crippen LogP contribution in [0.1, 0.15) is 15.9 Å². The highest BCUT2D eigenvalue weighted by Gasteiger charge is 2.16. The number of rotatable bonds is 6. The highest BCUT2D eigenvalue weighted by atomic mass is 35.5. The molecule has 0 aliphatic carbocycles. The minimum absolute atomic E-state index is 0.227. The van der Waals surface area contributed by atoms with E-state index in [2.05, 4.69) is 15.8 Å². The first-order valence-corrected chi connectivity index (χ1v) is 11.1. The van der Waals surface area contributed by atoms with Crippen LogP contribution in [0.4, 0.5) is 5.69 Å². The van der Waals surface area contributed by atoms with E-state index in [4.69, 9.17) is 21.1 Å². The van der Waals surface area contributed by atoms with Crippen LogP contribution < -0.4 is 20.2 Å². The number of methoxy groups -OCH3 is 1. The summed E-state index contributed by atoms with van der Waals surface area (Å²) in [4.78, 5) is 37.3. The van der Waals surface area contributed by atoms with Crippen LogP contribution in [0.15, 0.2) is 90.0 Å². The number of halogens is 1. The Bertz CT molecular complexity index is 1470. The number of amides is 2. The zero-order valence-corrected chi connectivity index (χ0v) is 19.8. The number of para-hydroxylation sites is 2. The zero-order chi connectivity index (χ0) is 25.5. The van der Waals surface area contributed by atoms with E-state index in [-0.39, 0.29) is 5.75 Å². The van der Waals surface area contributed by atoms with Gasteiger partial charge in [0.15, 0.2) is 0 Å². The van der Waals surface area contributed by atoms with E-state index in [1.165, 1.54) is 13.3 Å². The first-order chi connectivity index (χ1) is 17.5. The minimum atomic E-state index is -0.989. The van der Waals surface area contributed by atoms with Crippen LogP contribution >= 0.6 is 11.6 Å². The van der Waals surface area contributed by atoms with Crippen molar-refractivity contribution in [3.8, 4) is 11.5 Å². The van der Waals surface area contributed by atoms with Crippen molar-refractivity contribution < 1.29 is 23.9 Å². The Morgan fingerprint density at radius 1 is 0.833 bits per heavy atom. The maximum atomic E-state index is 12.7. The fourth-order valence-corrected chi connectivity index (χ4v) is 3.50. The van der Waals surface area contributed by atoms with Crippen LogP contribution in [0.25, 0.3) is 10.8 Å². The van der Waals surface area contributed by atoms with E-state index in [9.17, 15) is 14.4 Å². The Morgan fingerprint density at radius 3 is 2.33 bits per heavy atom. The largest absolute Gasteiger partial charge is 0.495 e. The van der Waals surface area contributed by atoms with Crippen LogP contribution in [0.3, 0.4) is 0 Å². The lowest BCUT2D eigenvalue weighted by Gasteiger charge is -2.11. The van der Waals surface area contributed by atoms with Crippen LogP contribution in [0.2, 0.25) is 5.02 Å². The molecule has 0 atom stereocenters. The molecule has 0 radical (unpaired) electrons. The molecule has 0 heterocycles. The van der Waals surface area contributed by atoms with Crippen molar-refractivity contribution in [1.29, 1.82) is 0 Å². The first kappa shape index (κ1) is 24.4. The Balaban J connectivity index is 1.54. The van der Waals surface area contributed by atoms with Gasteiger partial charge in [0.1, 0.15) is 11.5 Å². The van der Waals surface area contributed by atoms with Gasteiger partial charge < -0.3 is 14.8 Å². The molecule has 0 spiro atoms. The fourth-order valence-electron chi connectivity index (χ4n) is 3.38. The lowest BCUT2D eigenvalue weighted by Crippen LogP contribution is -2.32. The number of nitrogens with one attached hydrogen (secondary N) is 2. The summed E-state index contributed by atoms with van der Waals surface area (Å²) in [6, 6.07) is 23.8. The molecule has 4 aromatic carbocycles. The quantitative estimate of drug-likeness (QED) is 0.130. The average Bonchev–Trinajstić information content (AvgIpc) is 2.90. The summed E-state index contributed by atoms with van der Waals surface area (Å²) >= 11 is 5.89. The van der Waals surface area contributed by atoms with Crippen LogP contribution in [-0.4, -0.2) is 31.1 Å². The van der Waals surface area contributed by atoms with E-state index in [0.29, 0.717) is 27.6 Å². The van der Waals surface area contributed by atoms with Crippen LogP contribution in [0, 0.1) is 0 Å². The second-order valence-corrected chi connectivity index (χ2v) is 7.88. The highest BCUT2D eigenvalue weighted by molar-refractivity contribution is 6.39. The number of carbonyl (C=O) groups excluding carboxylic acids is 3. The molecule has 0 saturated carbocycles. The van der Waals surface area contributed by atoms with Crippen molar-refractivity contribution in [3.63, 3.8) is 0 Å². The van der Waals surface area contributed by atoms with Gasteiger partial charge in [0.25, 0.3) is 0 Å². The number of hydrogen-bond donors (Lipinski definition) is 2. The van der Waals surface area contributed by atoms with Gasteiger partial charge >= 0.3 is 17.8 Å². The predicted octanol–water partition coefficient (Wildman–Crippen LogP) is 4.81. The van der Waals surface area contributed by atoms with Crippen molar-refractivity contribution in [2.24, 2.45) is 5.10 Å². The molecule has 8 nitrogen and oxygen atoms in total. The lowest BCUT2D eigenvalue weighted by molar-refractivity contribution is -0.136. The van der Waals surface area contributed by atoms with E-state index in [0.717, 1.165) is 10.8 Å². The molecule has 0 aliphatic rings. The molecular formula is C27H20ClN3O5. The van der Waals surface area contributed by atoms with Crippen molar-refractivity contribution >= 4 is 52.1 Å². The summed E-state index contributed by atoms with van der Waals surface area (Å²) in [5.41, 5.74) is 3.30. The third-order valence-corrected chi connectivity index (χ3v) is 5.39. The number of hydrogen-bond acceptors (Lipinski definition) is 6. The summed E-state index contributed by atoms with van der Waals surface area (Å²) in [5, 5.41) is 8.49. The third-order valence-electron chi connectivity index (χ3n) is 5.13. The topological polar surface area (TPSA) is 106 Å². The number of hydrazone groups is 1. The smallest absolute Gasteiger partial charge is 0.343 e. The summed E-state index contributed by atoms with van der Waals surface area (Å²) in [6.45, 7) is 0. The van der Waals surface area contributed by atoms with Crippen molar-refractivity contribution in [3.05, 3.63) is 101 Å². The van der Waals surface area contributed by atoms with E-state index in [1.807, 2.05) is 24.3 Å². The number of nitrogens with zero attached hydrogens (tertiary/aromatic N) is 1. The Kier molecular flexibility index (Phi) is 7.57. The van der Waals surface area contributed by atoms with Gasteiger partial charge in [0.05, 0.1) is 24.6 Å². The molecule has 4 rings (SSSR count). The standard InChI is InChI=1S/C27H20ClN3O5/c1-35-24-9-5-4-8-22(24)30-25(32)26(33)31-29-16-21-20-7-3-2-6-17(20)12-15-23(21)36-27(34)18-10-13-19(28)14-11-18/h2-16H,1H3,(H,30,32)(H,31,33)/b29-16-. The summed E-state index contributed by atoms with van der Waals surface area (Å²) in [5.74, 6) is -1.87. The molecule has 2 N–H and O–H groups in total. The van der Waals surface area contributed by atoms with E-state index >= 15 is 0 Å². The summed E-state index contributed by atoms with van der Waals surface area (Å²) in [7, 11) is 1.46. The zero-order valence-electron chi connectivity index (χ0n) is 19.0. The van der Waals surface area contributed by atoms with E-state index in [1.54, 1.807) is 60.7 Å². The van der Waals surface area contributed by atoms with Gasteiger partial charge in [0, 0.05) is 10.6 Å². The molecule has 36 heavy (non-hydrogen) atoms. The molecule has 0 fully saturated rings.